The monoisotopic (exact) mass is 281 g/mol. The molecule has 3 rings (SSSR count). The fourth-order valence-electron chi connectivity index (χ4n) is 2.91. The van der Waals surface area contributed by atoms with E-state index < -0.39 is 0 Å². The fraction of sp³-hybridized carbons (Fsp3) is 0.333. The van der Waals surface area contributed by atoms with Crippen LogP contribution in [0.25, 0.3) is 0 Å². The Kier molecular flexibility index (Phi) is 4.11. The van der Waals surface area contributed by atoms with E-state index in [9.17, 15) is 0 Å². The third-order valence-electron chi connectivity index (χ3n) is 4.19. The number of nitrogen functional groups attached to an aromatic ring is 1. The lowest BCUT2D eigenvalue weighted by Crippen LogP contribution is -2.46. The van der Waals surface area contributed by atoms with Crippen LogP contribution >= 0.6 is 0 Å². The lowest BCUT2D eigenvalue weighted by Gasteiger charge is -2.36. The largest absolute Gasteiger partial charge is 0.398 e. The minimum absolute atomic E-state index is 0.901. The lowest BCUT2D eigenvalue weighted by molar-refractivity contribution is 0.250. The highest BCUT2D eigenvalue weighted by Crippen LogP contribution is 2.19. The van der Waals surface area contributed by atoms with Gasteiger partial charge in [0.05, 0.1) is 0 Å². The summed E-state index contributed by atoms with van der Waals surface area (Å²) >= 11 is 0. The van der Waals surface area contributed by atoms with Gasteiger partial charge in [-0.3, -0.25) is 4.90 Å². The molecule has 0 bridgehead atoms. The average molecular weight is 281 g/mol. The van der Waals surface area contributed by atoms with E-state index in [4.69, 9.17) is 5.73 Å². The Morgan fingerprint density at radius 2 is 1.71 bits per heavy atom. The van der Waals surface area contributed by atoms with Gasteiger partial charge in [0.25, 0.3) is 0 Å². The van der Waals surface area contributed by atoms with Gasteiger partial charge in [-0.05, 0) is 36.2 Å². The Balaban J connectivity index is 1.59. The van der Waals surface area contributed by atoms with Crippen molar-refractivity contribution in [2.24, 2.45) is 0 Å². The van der Waals surface area contributed by atoms with Crippen molar-refractivity contribution in [3.63, 3.8) is 0 Å². The molecule has 2 aromatic rings. The molecule has 110 valence electrons. The van der Waals surface area contributed by atoms with Gasteiger partial charge in [-0.2, -0.15) is 0 Å². The number of benzene rings is 2. The number of rotatable bonds is 3. The molecule has 1 aliphatic heterocycles. The maximum atomic E-state index is 6.04. The normalized spacial score (nSPS) is 16.1. The van der Waals surface area contributed by atoms with Crippen LogP contribution in [0, 0.1) is 6.92 Å². The third-order valence-corrected chi connectivity index (χ3v) is 4.19. The Labute approximate surface area is 127 Å². The van der Waals surface area contributed by atoms with Gasteiger partial charge in [0.1, 0.15) is 0 Å². The molecule has 0 saturated carbocycles. The molecule has 1 saturated heterocycles. The van der Waals surface area contributed by atoms with Gasteiger partial charge in [-0.25, -0.2) is 0 Å². The molecule has 0 amide bonds. The van der Waals surface area contributed by atoms with Gasteiger partial charge in [0.2, 0.25) is 0 Å². The van der Waals surface area contributed by atoms with Crippen molar-refractivity contribution in [1.82, 2.24) is 4.90 Å². The predicted molar refractivity (Wildman–Crippen MR) is 89.5 cm³/mol. The number of hydrogen-bond donors (Lipinski definition) is 1. The second-order valence-corrected chi connectivity index (χ2v) is 5.80. The number of anilines is 2. The molecule has 0 aromatic heterocycles. The van der Waals surface area contributed by atoms with E-state index in [1.807, 2.05) is 12.1 Å². The number of para-hydroxylation sites is 1. The zero-order chi connectivity index (χ0) is 14.7. The quantitative estimate of drug-likeness (QED) is 0.878. The summed E-state index contributed by atoms with van der Waals surface area (Å²) in [5, 5.41) is 0. The van der Waals surface area contributed by atoms with E-state index in [1.165, 1.54) is 16.8 Å². The topological polar surface area (TPSA) is 32.5 Å². The molecule has 0 unspecified atom stereocenters. The number of piperazine rings is 1. The van der Waals surface area contributed by atoms with Crippen LogP contribution in [-0.4, -0.2) is 31.1 Å². The molecule has 1 heterocycles. The molecular weight excluding hydrogens is 258 g/mol. The number of hydrogen-bond acceptors (Lipinski definition) is 3. The van der Waals surface area contributed by atoms with E-state index in [1.54, 1.807) is 0 Å². The first-order chi connectivity index (χ1) is 10.2. The second-order valence-electron chi connectivity index (χ2n) is 5.80. The van der Waals surface area contributed by atoms with E-state index in [0.29, 0.717) is 0 Å². The standard InChI is InChI=1S/C18H23N3/c1-15-5-4-7-17(13-15)21-11-9-20(10-12-21)14-16-6-2-3-8-18(16)19/h2-8,13H,9-12,14,19H2,1H3. The van der Waals surface area contributed by atoms with Crippen LogP contribution in [0.2, 0.25) is 0 Å². The van der Waals surface area contributed by atoms with Gasteiger partial charge < -0.3 is 10.6 Å². The lowest BCUT2D eigenvalue weighted by atomic mass is 10.1. The van der Waals surface area contributed by atoms with Gasteiger partial charge >= 0.3 is 0 Å². The fourth-order valence-corrected chi connectivity index (χ4v) is 2.91. The van der Waals surface area contributed by atoms with Gasteiger partial charge in [0.15, 0.2) is 0 Å². The van der Waals surface area contributed by atoms with Crippen molar-refractivity contribution in [2.45, 2.75) is 13.5 Å². The van der Waals surface area contributed by atoms with Gasteiger partial charge in [-0.15, -0.1) is 0 Å². The highest BCUT2D eigenvalue weighted by Gasteiger charge is 2.17. The zero-order valence-electron chi connectivity index (χ0n) is 12.6. The van der Waals surface area contributed by atoms with Crippen LogP contribution < -0.4 is 10.6 Å². The summed E-state index contributed by atoms with van der Waals surface area (Å²) in [7, 11) is 0. The van der Waals surface area contributed by atoms with Crippen LogP contribution in [0.1, 0.15) is 11.1 Å². The molecule has 0 radical (unpaired) electrons. The Hall–Kier alpha value is -2.00. The number of nitrogens with zero attached hydrogens (tertiary/aromatic N) is 2. The summed E-state index contributed by atoms with van der Waals surface area (Å²) in [6.07, 6.45) is 0. The molecule has 1 fully saturated rings. The maximum absolute atomic E-state index is 6.04. The third kappa shape index (κ3) is 3.37. The SMILES string of the molecule is Cc1cccc(N2CCN(Cc3ccccc3N)CC2)c1. The van der Waals surface area contributed by atoms with Crippen LogP contribution in [-0.2, 0) is 6.54 Å². The summed E-state index contributed by atoms with van der Waals surface area (Å²) in [6, 6.07) is 16.9. The number of nitrogens with two attached hydrogens (primary N) is 1. The highest BCUT2D eigenvalue weighted by molar-refractivity contribution is 5.49. The smallest absolute Gasteiger partial charge is 0.0369 e. The first-order valence-corrected chi connectivity index (χ1v) is 7.60. The van der Waals surface area contributed by atoms with Crippen molar-refractivity contribution in [3.05, 3.63) is 59.7 Å². The predicted octanol–water partition coefficient (Wildman–Crippen LogP) is 2.90. The highest BCUT2D eigenvalue weighted by atomic mass is 15.3. The van der Waals surface area contributed by atoms with E-state index >= 15 is 0 Å². The first-order valence-electron chi connectivity index (χ1n) is 7.60. The van der Waals surface area contributed by atoms with E-state index in [0.717, 1.165) is 38.4 Å². The molecule has 21 heavy (non-hydrogen) atoms. The van der Waals surface area contributed by atoms with Crippen molar-refractivity contribution >= 4 is 11.4 Å². The molecule has 0 aliphatic carbocycles. The zero-order valence-corrected chi connectivity index (χ0v) is 12.6. The van der Waals surface area contributed by atoms with Crippen molar-refractivity contribution in [2.75, 3.05) is 36.8 Å². The summed E-state index contributed by atoms with van der Waals surface area (Å²) in [6.45, 7) is 7.43. The van der Waals surface area contributed by atoms with Crippen LogP contribution in [0.15, 0.2) is 48.5 Å². The van der Waals surface area contributed by atoms with Crippen LogP contribution in [0.5, 0.6) is 0 Å². The molecule has 2 N–H and O–H groups in total. The molecule has 3 heteroatoms. The summed E-state index contributed by atoms with van der Waals surface area (Å²) in [5.41, 5.74) is 10.8. The van der Waals surface area contributed by atoms with E-state index in [2.05, 4.69) is 53.1 Å². The molecule has 2 aromatic carbocycles. The van der Waals surface area contributed by atoms with E-state index in [-0.39, 0.29) is 0 Å². The van der Waals surface area contributed by atoms with Crippen molar-refractivity contribution in [3.8, 4) is 0 Å². The minimum Gasteiger partial charge on any atom is -0.398 e. The molecule has 1 aliphatic rings. The summed E-state index contributed by atoms with van der Waals surface area (Å²) < 4.78 is 0. The molecule has 3 nitrogen and oxygen atoms in total. The summed E-state index contributed by atoms with van der Waals surface area (Å²) in [4.78, 5) is 4.95. The van der Waals surface area contributed by atoms with Gasteiger partial charge in [0, 0.05) is 44.1 Å². The second kappa shape index (κ2) is 6.19. The maximum Gasteiger partial charge on any atom is 0.0369 e. The van der Waals surface area contributed by atoms with Crippen molar-refractivity contribution in [1.29, 1.82) is 0 Å². The average Bonchev–Trinajstić information content (AvgIpc) is 2.50. The molecule has 0 spiro atoms. The van der Waals surface area contributed by atoms with Crippen LogP contribution in [0.4, 0.5) is 11.4 Å². The Bertz CT molecular complexity index is 601. The van der Waals surface area contributed by atoms with Gasteiger partial charge in [-0.1, -0.05) is 30.3 Å². The summed E-state index contributed by atoms with van der Waals surface area (Å²) in [5.74, 6) is 0. The number of aryl methyl sites for hydroxylation is 1. The minimum atomic E-state index is 0.901. The molecular formula is C18H23N3. The first kappa shape index (κ1) is 14.0. The molecule has 0 atom stereocenters. The van der Waals surface area contributed by atoms with Crippen molar-refractivity contribution < 1.29 is 0 Å². The van der Waals surface area contributed by atoms with Crippen LogP contribution in [0.3, 0.4) is 0 Å². The Morgan fingerprint density at radius 3 is 2.43 bits per heavy atom. The Morgan fingerprint density at radius 1 is 0.952 bits per heavy atom.